The molecule has 0 aromatic carbocycles. The molecule has 1 aromatic heterocycles. The number of ether oxygens (including phenoxy) is 1. The highest BCUT2D eigenvalue weighted by Crippen LogP contribution is 2.11. The van der Waals surface area contributed by atoms with Crippen LogP contribution in [0.5, 0.6) is 0 Å². The van der Waals surface area contributed by atoms with E-state index >= 15 is 0 Å². The Morgan fingerprint density at radius 3 is 2.67 bits per heavy atom. The molecule has 1 amide bonds. The maximum absolute atomic E-state index is 12.0. The van der Waals surface area contributed by atoms with Crippen molar-refractivity contribution >= 4 is 12.0 Å². The van der Waals surface area contributed by atoms with Crippen molar-refractivity contribution < 1.29 is 9.53 Å². The van der Waals surface area contributed by atoms with Crippen molar-refractivity contribution in [1.29, 1.82) is 0 Å². The van der Waals surface area contributed by atoms with Gasteiger partial charge in [-0.1, -0.05) is 0 Å². The van der Waals surface area contributed by atoms with Crippen LogP contribution in [0.15, 0.2) is 18.5 Å². The summed E-state index contributed by atoms with van der Waals surface area (Å²) in [7, 11) is 1.85. The first-order chi connectivity index (χ1) is 8.54. The first-order valence-corrected chi connectivity index (χ1v) is 6.15. The summed E-state index contributed by atoms with van der Waals surface area (Å²) >= 11 is 0. The normalized spacial score (nSPS) is 24.7. The molecule has 0 N–H and O–H groups in total. The van der Waals surface area contributed by atoms with Gasteiger partial charge in [0.15, 0.2) is 0 Å². The summed E-state index contributed by atoms with van der Waals surface area (Å²) in [5.74, 6) is 0.0286. The van der Waals surface area contributed by atoms with Gasteiger partial charge in [-0.2, -0.15) is 5.10 Å². The smallest absolute Gasteiger partial charge is 0.246 e. The van der Waals surface area contributed by atoms with Gasteiger partial charge in [0.1, 0.15) is 0 Å². The first-order valence-electron chi connectivity index (χ1n) is 6.15. The van der Waals surface area contributed by atoms with E-state index in [0.29, 0.717) is 13.1 Å². The average Bonchev–Trinajstić information content (AvgIpc) is 2.70. The van der Waals surface area contributed by atoms with E-state index in [1.165, 1.54) is 0 Å². The van der Waals surface area contributed by atoms with Gasteiger partial charge in [0.25, 0.3) is 0 Å². The summed E-state index contributed by atoms with van der Waals surface area (Å²) in [6.45, 7) is 5.28. The van der Waals surface area contributed by atoms with Crippen LogP contribution in [0.2, 0.25) is 0 Å². The Morgan fingerprint density at radius 1 is 1.44 bits per heavy atom. The number of carbonyl (C=O) groups excluding carboxylic acids is 1. The van der Waals surface area contributed by atoms with Crippen molar-refractivity contribution in [2.45, 2.75) is 26.1 Å². The fraction of sp³-hybridized carbons (Fsp3) is 0.538. The lowest BCUT2D eigenvalue weighted by atomic mass is 10.2. The van der Waals surface area contributed by atoms with Gasteiger partial charge in [-0.05, 0) is 19.9 Å². The number of morpholine rings is 1. The Kier molecular flexibility index (Phi) is 3.81. The Labute approximate surface area is 107 Å². The third-order valence-corrected chi connectivity index (χ3v) is 2.87. The van der Waals surface area contributed by atoms with Crippen LogP contribution in [0.4, 0.5) is 0 Å². The number of hydrogen-bond donors (Lipinski definition) is 0. The third kappa shape index (κ3) is 3.20. The van der Waals surface area contributed by atoms with Crippen LogP contribution in [-0.2, 0) is 16.6 Å². The summed E-state index contributed by atoms with van der Waals surface area (Å²) in [4.78, 5) is 13.9. The quantitative estimate of drug-likeness (QED) is 0.737. The molecule has 2 rings (SSSR count). The molecule has 0 radical (unpaired) electrons. The van der Waals surface area contributed by atoms with Crippen LogP contribution in [0, 0.1) is 0 Å². The largest absolute Gasteiger partial charge is 0.372 e. The van der Waals surface area contributed by atoms with Crippen LogP contribution in [0.1, 0.15) is 19.4 Å². The number of nitrogens with zero attached hydrogens (tertiary/aromatic N) is 3. The third-order valence-electron chi connectivity index (χ3n) is 2.87. The molecule has 0 saturated carbocycles. The molecular formula is C13H19N3O2. The van der Waals surface area contributed by atoms with Crippen LogP contribution in [0.25, 0.3) is 6.08 Å². The number of aryl methyl sites for hydroxylation is 1. The molecule has 2 unspecified atom stereocenters. The molecule has 0 aliphatic carbocycles. The van der Waals surface area contributed by atoms with Gasteiger partial charge < -0.3 is 9.64 Å². The van der Waals surface area contributed by atoms with E-state index in [1.54, 1.807) is 23.0 Å². The predicted molar refractivity (Wildman–Crippen MR) is 68.8 cm³/mol. The van der Waals surface area contributed by atoms with Crippen LogP contribution in [-0.4, -0.2) is 45.9 Å². The summed E-state index contributed by atoms with van der Waals surface area (Å²) in [5, 5.41) is 4.05. The fourth-order valence-corrected chi connectivity index (χ4v) is 2.16. The maximum atomic E-state index is 12.0. The Hall–Kier alpha value is -1.62. The summed E-state index contributed by atoms with van der Waals surface area (Å²) in [6.07, 6.45) is 7.19. The molecule has 1 aromatic rings. The zero-order chi connectivity index (χ0) is 13.1. The molecule has 5 nitrogen and oxygen atoms in total. The zero-order valence-corrected chi connectivity index (χ0v) is 11.0. The van der Waals surface area contributed by atoms with E-state index in [2.05, 4.69) is 5.10 Å². The van der Waals surface area contributed by atoms with Crippen LogP contribution >= 0.6 is 0 Å². The van der Waals surface area contributed by atoms with Crippen molar-refractivity contribution in [3.8, 4) is 0 Å². The number of rotatable bonds is 2. The van der Waals surface area contributed by atoms with Gasteiger partial charge in [0, 0.05) is 38.0 Å². The van der Waals surface area contributed by atoms with Crippen molar-refractivity contribution in [1.82, 2.24) is 14.7 Å². The van der Waals surface area contributed by atoms with E-state index in [9.17, 15) is 4.79 Å². The zero-order valence-electron chi connectivity index (χ0n) is 11.0. The maximum Gasteiger partial charge on any atom is 0.246 e. The van der Waals surface area contributed by atoms with Gasteiger partial charge in [0.2, 0.25) is 5.91 Å². The Morgan fingerprint density at radius 2 is 2.11 bits per heavy atom. The van der Waals surface area contributed by atoms with E-state index in [4.69, 9.17) is 4.74 Å². The predicted octanol–water partition coefficient (Wildman–Crippen LogP) is 1.07. The minimum atomic E-state index is 0.0286. The van der Waals surface area contributed by atoms with Gasteiger partial charge >= 0.3 is 0 Å². The van der Waals surface area contributed by atoms with Gasteiger partial charge in [-0.3, -0.25) is 9.48 Å². The van der Waals surface area contributed by atoms with Gasteiger partial charge in [-0.25, -0.2) is 0 Å². The molecule has 98 valence electrons. The number of aromatic nitrogens is 2. The lowest BCUT2D eigenvalue weighted by Gasteiger charge is -2.34. The monoisotopic (exact) mass is 249 g/mol. The van der Waals surface area contributed by atoms with Crippen LogP contribution < -0.4 is 0 Å². The molecule has 18 heavy (non-hydrogen) atoms. The van der Waals surface area contributed by atoms with E-state index in [-0.39, 0.29) is 18.1 Å². The molecule has 2 atom stereocenters. The molecular weight excluding hydrogens is 230 g/mol. The van der Waals surface area contributed by atoms with Crippen molar-refractivity contribution in [2.24, 2.45) is 7.05 Å². The summed E-state index contributed by atoms with van der Waals surface area (Å²) < 4.78 is 7.31. The van der Waals surface area contributed by atoms with Crippen LogP contribution in [0.3, 0.4) is 0 Å². The standard InChI is InChI=1S/C13H19N3O2/c1-10-7-16(8-11(2)18-10)13(17)5-4-12-6-14-15(3)9-12/h4-6,9-11H,7-8H2,1-3H3. The van der Waals surface area contributed by atoms with E-state index in [1.807, 2.05) is 32.0 Å². The van der Waals surface area contributed by atoms with Crippen molar-refractivity contribution in [3.05, 3.63) is 24.0 Å². The van der Waals surface area contributed by atoms with Gasteiger partial charge in [-0.15, -0.1) is 0 Å². The average molecular weight is 249 g/mol. The Bertz CT molecular complexity index is 443. The minimum absolute atomic E-state index is 0.0286. The first kappa shape index (κ1) is 12.8. The highest BCUT2D eigenvalue weighted by Gasteiger charge is 2.24. The second kappa shape index (κ2) is 5.35. The molecule has 1 saturated heterocycles. The van der Waals surface area contributed by atoms with Gasteiger partial charge in [0.05, 0.1) is 18.4 Å². The molecule has 0 bridgehead atoms. The SMILES string of the molecule is CC1CN(C(=O)C=Cc2cnn(C)c2)CC(C)O1. The second-order valence-corrected chi connectivity index (χ2v) is 4.78. The molecule has 5 heteroatoms. The number of carbonyl (C=O) groups is 1. The number of hydrogen-bond acceptors (Lipinski definition) is 3. The topological polar surface area (TPSA) is 47.4 Å². The highest BCUT2D eigenvalue weighted by atomic mass is 16.5. The molecule has 1 aliphatic rings. The second-order valence-electron chi connectivity index (χ2n) is 4.78. The molecule has 0 spiro atoms. The van der Waals surface area contributed by atoms with Crippen molar-refractivity contribution in [3.63, 3.8) is 0 Å². The van der Waals surface area contributed by atoms with E-state index in [0.717, 1.165) is 5.56 Å². The van der Waals surface area contributed by atoms with Crippen molar-refractivity contribution in [2.75, 3.05) is 13.1 Å². The number of amides is 1. The minimum Gasteiger partial charge on any atom is -0.372 e. The lowest BCUT2D eigenvalue weighted by Crippen LogP contribution is -2.47. The fourth-order valence-electron chi connectivity index (χ4n) is 2.16. The summed E-state index contributed by atoms with van der Waals surface area (Å²) in [6, 6.07) is 0. The highest BCUT2D eigenvalue weighted by molar-refractivity contribution is 5.91. The molecule has 1 aliphatic heterocycles. The Balaban J connectivity index is 1.97. The lowest BCUT2D eigenvalue weighted by molar-refractivity contribution is -0.137. The summed E-state index contributed by atoms with van der Waals surface area (Å²) in [5.41, 5.74) is 0.931. The van der Waals surface area contributed by atoms with E-state index < -0.39 is 0 Å². The molecule has 1 fully saturated rings. The molecule has 2 heterocycles.